The molecule has 0 N–H and O–H groups in total. The Morgan fingerprint density at radius 3 is 2.00 bits per heavy atom. The third kappa shape index (κ3) is 4.60. The molecule has 0 fully saturated rings. The highest BCUT2D eigenvalue weighted by Gasteiger charge is 2.06. The second kappa shape index (κ2) is 8.60. The summed E-state index contributed by atoms with van der Waals surface area (Å²) in [7, 11) is 1.69. The van der Waals surface area contributed by atoms with E-state index in [0.29, 0.717) is 0 Å². The number of rotatable bonds is 8. The van der Waals surface area contributed by atoms with Crippen LogP contribution < -0.4 is 4.74 Å². The Bertz CT molecular complexity index is 543. The third-order valence-corrected chi connectivity index (χ3v) is 3.92. The van der Waals surface area contributed by atoms with Gasteiger partial charge in [-0.3, -0.25) is 0 Å². The van der Waals surface area contributed by atoms with Gasteiger partial charge < -0.3 is 9.47 Å². The lowest BCUT2D eigenvalue weighted by molar-refractivity contribution is 0.0630. The molecule has 1 unspecified atom stereocenters. The quantitative estimate of drug-likeness (QED) is 0.588. The highest BCUT2D eigenvalue weighted by molar-refractivity contribution is 5.64. The van der Waals surface area contributed by atoms with Crippen molar-refractivity contribution in [1.29, 1.82) is 0 Å². The largest absolute Gasteiger partial charge is 0.497 e. The van der Waals surface area contributed by atoms with Crippen LogP contribution in [0.3, 0.4) is 0 Å². The summed E-state index contributed by atoms with van der Waals surface area (Å²) in [4.78, 5) is 0. The molecule has 2 aromatic rings. The molecular weight excluding hydrogens is 272 g/mol. The first-order valence-corrected chi connectivity index (χ1v) is 8.10. The van der Waals surface area contributed by atoms with Crippen molar-refractivity contribution in [3.8, 4) is 16.9 Å². The Morgan fingerprint density at radius 1 is 0.864 bits per heavy atom. The molecule has 0 aromatic heterocycles. The molecule has 2 heteroatoms. The van der Waals surface area contributed by atoms with Crippen molar-refractivity contribution in [1.82, 2.24) is 0 Å². The highest BCUT2D eigenvalue weighted by atomic mass is 16.5. The van der Waals surface area contributed by atoms with Crippen LogP contribution in [0.15, 0.2) is 48.5 Å². The van der Waals surface area contributed by atoms with E-state index in [1.54, 1.807) is 7.11 Å². The SMILES string of the molecule is CCCCCOC(C)c1ccc(-c2ccc(OC)cc2)cc1. The number of hydrogen-bond acceptors (Lipinski definition) is 2. The molecule has 0 saturated heterocycles. The third-order valence-electron chi connectivity index (χ3n) is 3.92. The van der Waals surface area contributed by atoms with Crippen LogP contribution in [0.1, 0.15) is 44.8 Å². The molecule has 0 aliphatic heterocycles. The Hall–Kier alpha value is -1.80. The molecule has 0 spiro atoms. The van der Waals surface area contributed by atoms with E-state index in [9.17, 15) is 0 Å². The fourth-order valence-corrected chi connectivity index (χ4v) is 2.44. The Morgan fingerprint density at radius 2 is 1.45 bits per heavy atom. The average molecular weight is 298 g/mol. The molecule has 0 aliphatic rings. The number of benzene rings is 2. The minimum Gasteiger partial charge on any atom is -0.497 e. The van der Waals surface area contributed by atoms with E-state index >= 15 is 0 Å². The first-order chi connectivity index (χ1) is 10.7. The topological polar surface area (TPSA) is 18.5 Å². The average Bonchev–Trinajstić information content (AvgIpc) is 2.59. The summed E-state index contributed by atoms with van der Waals surface area (Å²) in [6, 6.07) is 16.8. The predicted octanol–water partition coefficient (Wildman–Crippen LogP) is 5.63. The summed E-state index contributed by atoms with van der Waals surface area (Å²) in [6.45, 7) is 5.17. The Labute approximate surface area is 134 Å². The lowest BCUT2D eigenvalue weighted by Gasteiger charge is -2.14. The molecule has 0 bridgehead atoms. The monoisotopic (exact) mass is 298 g/mol. The van der Waals surface area contributed by atoms with Crippen LogP contribution in [0.2, 0.25) is 0 Å². The molecule has 118 valence electrons. The zero-order valence-electron chi connectivity index (χ0n) is 13.8. The smallest absolute Gasteiger partial charge is 0.118 e. The Kier molecular flexibility index (Phi) is 6.47. The molecule has 2 aromatic carbocycles. The van der Waals surface area contributed by atoms with Crippen molar-refractivity contribution >= 4 is 0 Å². The highest BCUT2D eigenvalue weighted by Crippen LogP contribution is 2.25. The van der Waals surface area contributed by atoms with E-state index in [-0.39, 0.29) is 6.10 Å². The second-order valence-electron chi connectivity index (χ2n) is 5.57. The molecule has 2 nitrogen and oxygen atoms in total. The first-order valence-electron chi connectivity index (χ1n) is 8.10. The van der Waals surface area contributed by atoms with Gasteiger partial charge >= 0.3 is 0 Å². The molecule has 1 atom stereocenters. The van der Waals surface area contributed by atoms with Gasteiger partial charge in [-0.05, 0) is 42.2 Å². The molecule has 0 saturated carbocycles. The van der Waals surface area contributed by atoms with E-state index in [1.165, 1.54) is 29.5 Å². The molecule has 0 heterocycles. The number of hydrogen-bond donors (Lipinski definition) is 0. The number of ether oxygens (including phenoxy) is 2. The lowest BCUT2D eigenvalue weighted by atomic mass is 10.0. The summed E-state index contributed by atoms with van der Waals surface area (Å²) in [5.41, 5.74) is 3.64. The predicted molar refractivity (Wildman–Crippen MR) is 92.3 cm³/mol. The summed E-state index contributed by atoms with van der Waals surface area (Å²) in [6.07, 6.45) is 3.77. The molecule has 0 radical (unpaired) electrons. The zero-order valence-corrected chi connectivity index (χ0v) is 13.8. The fourth-order valence-electron chi connectivity index (χ4n) is 2.44. The van der Waals surface area contributed by atoms with E-state index in [4.69, 9.17) is 9.47 Å². The van der Waals surface area contributed by atoms with E-state index in [0.717, 1.165) is 18.8 Å². The standard InChI is InChI=1S/C20H26O2/c1-4-5-6-15-22-16(2)17-7-9-18(10-8-17)19-11-13-20(21-3)14-12-19/h7-14,16H,4-6,15H2,1-3H3. The summed E-state index contributed by atoms with van der Waals surface area (Å²) in [5, 5.41) is 0. The molecule has 2 rings (SSSR count). The van der Waals surface area contributed by atoms with Crippen molar-refractivity contribution in [2.75, 3.05) is 13.7 Å². The maximum absolute atomic E-state index is 5.89. The van der Waals surface area contributed by atoms with Crippen molar-refractivity contribution in [2.45, 2.75) is 39.2 Å². The van der Waals surface area contributed by atoms with Gasteiger partial charge in [0.1, 0.15) is 5.75 Å². The van der Waals surface area contributed by atoms with Crippen LogP contribution in [-0.2, 0) is 4.74 Å². The summed E-state index contributed by atoms with van der Waals surface area (Å²) >= 11 is 0. The van der Waals surface area contributed by atoms with Gasteiger partial charge in [-0.15, -0.1) is 0 Å². The van der Waals surface area contributed by atoms with Gasteiger partial charge in [-0.1, -0.05) is 56.2 Å². The first kappa shape index (κ1) is 16.6. The van der Waals surface area contributed by atoms with Gasteiger partial charge in [0.15, 0.2) is 0 Å². The van der Waals surface area contributed by atoms with Crippen LogP contribution in [0.25, 0.3) is 11.1 Å². The van der Waals surface area contributed by atoms with Crippen molar-refractivity contribution < 1.29 is 9.47 Å². The fraction of sp³-hybridized carbons (Fsp3) is 0.400. The number of methoxy groups -OCH3 is 1. The van der Waals surface area contributed by atoms with Crippen molar-refractivity contribution in [3.63, 3.8) is 0 Å². The zero-order chi connectivity index (χ0) is 15.8. The minimum atomic E-state index is 0.154. The molecule has 0 amide bonds. The molecular formula is C20H26O2. The van der Waals surface area contributed by atoms with Crippen LogP contribution in [0.5, 0.6) is 5.75 Å². The van der Waals surface area contributed by atoms with Gasteiger partial charge in [0.25, 0.3) is 0 Å². The van der Waals surface area contributed by atoms with E-state index in [1.807, 2.05) is 12.1 Å². The van der Waals surface area contributed by atoms with Crippen LogP contribution in [-0.4, -0.2) is 13.7 Å². The van der Waals surface area contributed by atoms with Gasteiger partial charge in [0.05, 0.1) is 13.2 Å². The van der Waals surface area contributed by atoms with Crippen molar-refractivity contribution in [2.24, 2.45) is 0 Å². The summed E-state index contributed by atoms with van der Waals surface area (Å²) < 4.78 is 11.1. The van der Waals surface area contributed by atoms with Gasteiger partial charge in [0.2, 0.25) is 0 Å². The van der Waals surface area contributed by atoms with Gasteiger partial charge in [0, 0.05) is 6.61 Å². The van der Waals surface area contributed by atoms with Crippen LogP contribution in [0, 0.1) is 0 Å². The van der Waals surface area contributed by atoms with E-state index in [2.05, 4.69) is 50.2 Å². The maximum atomic E-state index is 5.89. The summed E-state index contributed by atoms with van der Waals surface area (Å²) in [5.74, 6) is 0.884. The van der Waals surface area contributed by atoms with E-state index < -0.39 is 0 Å². The maximum Gasteiger partial charge on any atom is 0.118 e. The van der Waals surface area contributed by atoms with Gasteiger partial charge in [-0.2, -0.15) is 0 Å². The lowest BCUT2D eigenvalue weighted by Crippen LogP contribution is -2.01. The molecule has 22 heavy (non-hydrogen) atoms. The molecule has 0 aliphatic carbocycles. The second-order valence-corrected chi connectivity index (χ2v) is 5.57. The van der Waals surface area contributed by atoms with Crippen LogP contribution in [0.4, 0.5) is 0 Å². The van der Waals surface area contributed by atoms with Crippen LogP contribution >= 0.6 is 0 Å². The normalized spacial score (nSPS) is 12.1. The minimum absolute atomic E-state index is 0.154. The number of unbranched alkanes of at least 4 members (excludes halogenated alkanes) is 2. The van der Waals surface area contributed by atoms with Crippen molar-refractivity contribution in [3.05, 3.63) is 54.1 Å². The Balaban J connectivity index is 1.96. The van der Waals surface area contributed by atoms with Gasteiger partial charge in [-0.25, -0.2) is 0 Å².